The highest BCUT2D eigenvalue weighted by molar-refractivity contribution is 7.23. The fraction of sp³-hybridized carbons (Fsp3) is 0.615. The van der Waals surface area contributed by atoms with E-state index in [4.69, 9.17) is 4.74 Å². The molecule has 1 fully saturated rings. The minimum Gasteiger partial charge on any atom is -0.371 e. The molecule has 0 bridgehead atoms. The summed E-state index contributed by atoms with van der Waals surface area (Å²) < 4.78 is 5.66. The summed E-state index contributed by atoms with van der Waals surface area (Å²) in [6.07, 6.45) is 5.33. The summed E-state index contributed by atoms with van der Waals surface area (Å²) in [5, 5.41) is 14.7. The summed E-state index contributed by atoms with van der Waals surface area (Å²) in [7, 11) is 0. The second kappa shape index (κ2) is 6.15. The first kappa shape index (κ1) is 13.9. The summed E-state index contributed by atoms with van der Waals surface area (Å²) >= 11 is 3.25. The lowest BCUT2D eigenvalue weighted by Crippen LogP contribution is -2.12. The lowest BCUT2D eigenvalue weighted by Gasteiger charge is -2.07. The van der Waals surface area contributed by atoms with Gasteiger partial charge in [-0.05, 0) is 26.2 Å². The van der Waals surface area contributed by atoms with Gasteiger partial charge in [-0.1, -0.05) is 18.3 Å². The molecule has 0 spiro atoms. The minimum absolute atomic E-state index is 0.180. The standard InChI is InChI=1S/C13H18N4OS2/c1-3-8(2)15-13-17-16-12(20-13)10-7-14-11(19-10)9-5-4-6-18-9/h7-9H,3-6H2,1-2H3,(H,15,17). The van der Waals surface area contributed by atoms with Crippen molar-refractivity contribution in [1.82, 2.24) is 15.2 Å². The predicted molar refractivity (Wildman–Crippen MR) is 82.3 cm³/mol. The van der Waals surface area contributed by atoms with E-state index in [9.17, 15) is 0 Å². The Labute approximate surface area is 126 Å². The van der Waals surface area contributed by atoms with Gasteiger partial charge in [-0.2, -0.15) is 0 Å². The van der Waals surface area contributed by atoms with Crippen molar-refractivity contribution in [3.05, 3.63) is 11.2 Å². The first-order chi connectivity index (χ1) is 9.76. The molecule has 2 atom stereocenters. The second-order valence-electron chi connectivity index (χ2n) is 4.93. The summed E-state index contributed by atoms with van der Waals surface area (Å²) in [4.78, 5) is 5.55. The van der Waals surface area contributed by atoms with Gasteiger partial charge in [0.25, 0.3) is 0 Å². The van der Waals surface area contributed by atoms with Gasteiger partial charge >= 0.3 is 0 Å². The summed E-state index contributed by atoms with van der Waals surface area (Å²) in [6.45, 7) is 5.14. The topological polar surface area (TPSA) is 59.9 Å². The number of nitrogens with zero attached hydrogens (tertiary/aromatic N) is 3. The van der Waals surface area contributed by atoms with Gasteiger partial charge in [-0.15, -0.1) is 21.5 Å². The molecule has 2 unspecified atom stereocenters. The third kappa shape index (κ3) is 2.99. The second-order valence-corrected chi connectivity index (χ2v) is 6.97. The van der Waals surface area contributed by atoms with Crippen LogP contribution in [0.4, 0.5) is 5.13 Å². The Bertz CT molecular complexity index is 562. The molecule has 20 heavy (non-hydrogen) atoms. The highest BCUT2D eigenvalue weighted by Gasteiger charge is 2.22. The molecule has 1 N–H and O–H groups in total. The zero-order chi connectivity index (χ0) is 13.9. The van der Waals surface area contributed by atoms with E-state index in [1.165, 1.54) is 0 Å². The largest absolute Gasteiger partial charge is 0.371 e. The SMILES string of the molecule is CCC(C)Nc1nnc(-c2cnc(C3CCCO3)s2)s1. The maximum atomic E-state index is 5.66. The van der Waals surface area contributed by atoms with Crippen molar-refractivity contribution in [2.75, 3.05) is 11.9 Å². The maximum absolute atomic E-state index is 5.66. The number of rotatable bonds is 5. The monoisotopic (exact) mass is 310 g/mol. The Hall–Kier alpha value is -1.05. The van der Waals surface area contributed by atoms with E-state index in [0.717, 1.165) is 45.9 Å². The van der Waals surface area contributed by atoms with Gasteiger partial charge in [0.2, 0.25) is 5.13 Å². The Morgan fingerprint density at radius 2 is 2.35 bits per heavy atom. The smallest absolute Gasteiger partial charge is 0.206 e. The average molecular weight is 310 g/mol. The molecule has 3 heterocycles. The highest BCUT2D eigenvalue weighted by atomic mass is 32.1. The van der Waals surface area contributed by atoms with Crippen molar-refractivity contribution in [2.45, 2.75) is 45.3 Å². The van der Waals surface area contributed by atoms with E-state index in [1.54, 1.807) is 22.7 Å². The molecule has 0 radical (unpaired) electrons. The van der Waals surface area contributed by atoms with E-state index in [0.29, 0.717) is 6.04 Å². The summed E-state index contributed by atoms with van der Waals surface area (Å²) in [6, 6.07) is 0.416. The van der Waals surface area contributed by atoms with E-state index in [-0.39, 0.29) is 6.10 Å². The molecule has 3 rings (SSSR count). The van der Waals surface area contributed by atoms with Crippen LogP contribution in [0, 0.1) is 0 Å². The van der Waals surface area contributed by atoms with Crippen molar-refractivity contribution >= 4 is 27.8 Å². The Morgan fingerprint density at radius 3 is 3.10 bits per heavy atom. The van der Waals surface area contributed by atoms with Crippen LogP contribution in [-0.4, -0.2) is 27.8 Å². The molecule has 0 aromatic carbocycles. The number of thiazole rings is 1. The van der Waals surface area contributed by atoms with Crippen LogP contribution in [0.5, 0.6) is 0 Å². The Kier molecular flexibility index (Phi) is 4.28. The molecular formula is C13H18N4OS2. The first-order valence-electron chi connectivity index (χ1n) is 6.94. The highest BCUT2D eigenvalue weighted by Crippen LogP contribution is 2.36. The summed E-state index contributed by atoms with van der Waals surface area (Å²) in [5.74, 6) is 0. The molecule has 1 saturated heterocycles. The van der Waals surface area contributed by atoms with Crippen LogP contribution in [-0.2, 0) is 4.74 Å². The molecule has 1 aliphatic heterocycles. The normalized spacial score (nSPS) is 20.2. The fourth-order valence-electron chi connectivity index (χ4n) is 2.00. The van der Waals surface area contributed by atoms with Crippen LogP contribution < -0.4 is 5.32 Å². The number of hydrogen-bond donors (Lipinski definition) is 1. The zero-order valence-corrected chi connectivity index (χ0v) is 13.3. The van der Waals surface area contributed by atoms with Crippen molar-refractivity contribution in [2.24, 2.45) is 0 Å². The van der Waals surface area contributed by atoms with Gasteiger partial charge in [-0.25, -0.2) is 4.98 Å². The van der Waals surface area contributed by atoms with E-state index < -0.39 is 0 Å². The molecule has 1 aliphatic rings. The molecule has 7 heteroatoms. The third-order valence-electron chi connectivity index (χ3n) is 3.35. The summed E-state index contributed by atoms with van der Waals surface area (Å²) in [5.41, 5.74) is 0. The number of hydrogen-bond acceptors (Lipinski definition) is 7. The lowest BCUT2D eigenvalue weighted by atomic mass is 10.2. The lowest BCUT2D eigenvalue weighted by molar-refractivity contribution is 0.111. The quantitative estimate of drug-likeness (QED) is 0.912. The van der Waals surface area contributed by atoms with Crippen molar-refractivity contribution in [1.29, 1.82) is 0 Å². The predicted octanol–water partition coefficient (Wildman–Crippen LogP) is 3.72. The van der Waals surface area contributed by atoms with Crippen LogP contribution in [0.1, 0.15) is 44.2 Å². The van der Waals surface area contributed by atoms with Crippen molar-refractivity contribution in [3.63, 3.8) is 0 Å². The van der Waals surface area contributed by atoms with Gasteiger partial charge < -0.3 is 10.1 Å². The van der Waals surface area contributed by atoms with Crippen LogP contribution >= 0.6 is 22.7 Å². The molecule has 0 saturated carbocycles. The Morgan fingerprint density at radius 1 is 1.45 bits per heavy atom. The average Bonchev–Trinajstić information content (AvgIpc) is 3.18. The fourth-order valence-corrected chi connectivity index (χ4v) is 3.89. The first-order valence-corrected chi connectivity index (χ1v) is 8.57. The van der Waals surface area contributed by atoms with Gasteiger partial charge in [0.05, 0.1) is 4.88 Å². The van der Waals surface area contributed by atoms with Gasteiger partial charge in [0.1, 0.15) is 11.1 Å². The molecule has 2 aromatic rings. The number of nitrogens with one attached hydrogen (secondary N) is 1. The molecule has 5 nitrogen and oxygen atoms in total. The van der Waals surface area contributed by atoms with Gasteiger partial charge in [0, 0.05) is 18.8 Å². The Balaban J connectivity index is 1.72. The molecule has 0 aliphatic carbocycles. The van der Waals surface area contributed by atoms with E-state index in [2.05, 4.69) is 34.3 Å². The van der Waals surface area contributed by atoms with E-state index >= 15 is 0 Å². The van der Waals surface area contributed by atoms with Crippen molar-refractivity contribution in [3.8, 4) is 9.88 Å². The maximum Gasteiger partial charge on any atom is 0.206 e. The zero-order valence-electron chi connectivity index (χ0n) is 11.6. The van der Waals surface area contributed by atoms with Crippen LogP contribution in [0.25, 0.3) is 9.88 Å². The number of aromatic nitrogens is 3. The molecule has 108 valence electrons. The van der Waals surface area contributed by atoms with Crippen LogP contribution in [0.15, 0.2) is 6.20 Å². The van der Waals surface area contributed by atoms with Crippen LogP contribution in [0.3, 0.4) is 0 Å². The van der Waals surface area contributed by atoms with E-state index in [1.807, 2.05) is 6.20 Å². The molecule has 2 aromatic heterocycles. The van der Waals surface area contributed by atoms with Crippen LogP contribution in [0.2, 0.25) is 0 Å². The third-order valence-corrected chi connectivity index (χ3v) is 5.46. The van der Waals surface area contributed by atoms with Gasteiger partial charge in [-0.3, -0.25) is 0 Å². The molecule has 0 amide bonds. The number of ether oxygens (including phenoxy) is 1. The minimum atomic E-state index is 0.180. The van der Waals surface area contributed by atoms with Gasteiger partial charge in [0.15, 0.2) is 5.01 Å². The molecular weight excluding hydrogens is 292 g/mol. The number of anilines is 1. The van der Waals surface area contributed by atoms with Crippen molar-refractivity contribution < 1.29 is 4.74 Å².